The summed E-state index contributed by atoms with van der Waals surface area (Å²) in [6.07, 6.45) is 2.16. The van der Waals surface area contributed by atoms with Gasteiger partial charge in [-0.25, -0.2) is 0 Å². The first-order valence-electron chi connectivity index (χ1n) is 19.9. The molecule has 1 saturated heterocycles. The van der Waals surface area contributed by atoms with Gasteiger partial charge in [-0.1, -0.05) is 23.7 Å². The summed E-state index contributed by atoms with van der Waals surface area (Å²) in [5, 5.41) is 19.2. The van der Waals surface area contributed by atoms with E-state index >= 15 is 0 Å². The van der Waals surface area contributed by atoms with Crippen LogP contribution in [-0.2, 0) is 35.0 Å². The number of fused-ring (bicyclic) bond motifs is 4. The normalized spacial score (nSPS) is 17.1. The Kier molecular flexibility index (Phi) is 13.8. The van der Waals surface area contributed by atoms with Crippen LogP contribution < -0.4 is 16.0 Å². The molecule has 1 unspecified atom stereocenters. The predicted octanol–water partition coefficient (Wildman–Crippen LogP) is 4.66. The Morgan fingerprint density at radius 2 is 1.69 bits per heavy atom. The zero-order valence-electron chi connectivity index (χ0n) is 33.5. The van der Waals surface area contributed by atoms with Gasteiger partial charge in [-0.05, 0) is 75.1 Å². The lowest BCUT2D eigenvalue weighted by Gasteiger charge is -2.33. The lowest BCUT2D eigenvalue weighted by atomic mass is 9.99. The molecule has 59 heavy (non-hydrogen) atoms. The third-order valence-corrected chi connectivity index (χ3v) is 12.0. The molecule has 15 nitrogen and oxygen atoms in total. The molecule has 312 valence electrons. The monoisotopic (exact) mass is 844 g/mol. The van der Waals surface area contributed by atoms with Crippen LogP contribution in [0.2, 0.25) is 5.02 Å². The Morgan fingerprint density at radius 3 is 2.47 bits per heavy atom. The van der Waals surface area contributed by atoms with Crippen molar-refractivity contribution in [1.82, 2.24) is 30.3 Å². The number of rotatable bonds is 17. The molecule has 0 saturated carbocycles. The average Bonchev–Trinajstić information content (AvgIpc) is 3.86. The SMILES string of the molecule is Cc1sc2c(c1C)C(c1ccc(Cl)cc1)=N[C@@H](CC(=O)NCCOCCOCCOCCC(=O)NC1CCCN(C(=O)c3ccc4c(c3)CC(=O)N4)C1)c1nnc(C)n1-2. The molecule has 0 spiro atoms. The van der Waals surface area contributed by atoms with Gasteiger partial charge in [0.15, 0.2) is 5.82 Å². The summed E-state index contributed by atoms with van der Waals surface area (Å²) in [6.45, 7) is 9.44. The van der Waals surface area contributed by atoms with Gasteiger partial charge in [-0.15, -0.1) is 21.5 Å². The van der Waals surface area contributed by atoms with E-state index in [-0.39, 0.29) is 55.5 Å². The second kappa shape index (κ2) is 19.4. The summed E-state index contributed by atoms with van der Waals surface area (Å²) in [7, 11) is 0. The molecule has 0 aliphatic carbocycles. The maximum Gasteiger partial charge on any atom is 0.253 e. The fraction of sp³-hybridized carbons (Fsp3) is 0.452. The quantitative estimate of drug-likeness (QED) is 0.128. The van der Waals surface area contributed by atoms with Gasteiger partial charge in [0.1, 0.15) is 16.9 Å². The average molecular weight is 845 g/mol. The van der Waals surface area contributed by atoms with Gasteiger partial charge < -0.3 is 35.1 Å². The van der Waals surface area contributed by atoms with Crippen LogP contribution in [0.1, 0.15) is 80.9 Å². The highest BCUT2D eigenvalue weighted by Gasteiger charge is 2.33. The van der Waals surface area contributed by atoms with Crippen molar-refractivity contribution >= 4 is 58.0 Å². The van der Waals surface area contributed by atoms with Crippen LogP contribution in [0.5, 0.6) is 0 Å². The number of aliphatic imine (C=N–C) groups is 1. The second-order valence-electron chi connectivity index (χ2n) is 14.8. The van der Waals surface area contributed by atoms with E-state index < -0.39 is 6.04 Å². The number of hydrogen-bond donors (Lipinski definition) is 3. The predicted molar refractivity (Wildman–Crippen MR) is 224 cm³/mol. The molecule has 17 heteroatoms. The molecule has 0 bridgehead atoms. The number of carbonyl (C=O) groups is 4. The Bertz CT molecular complexity index is 2220. The van der Waals surface area contributed by atoms with E-state index in [9.17, 15) is 19.2 Å². The topological polar surface area (TPSA) is 178 Å². The van der Waals surface area contributed by atoms with Crippen molar-refractivity contribution in [2.45, 2.75) is 65.0 Å². The summed E-state index contributed by atoms with van der Waals surface area (Å²) in [5.41, 5.74) is 5.97. The third-order valence-electron chi connectivity index (χ3n) is 10.6. The van der Waals surface area contributed by atoms with Crippen molar-refractivity contribution in [2.24, 2.45) is 4.99 Å². The molecule has 5 heterocycles. The standard InChI is InChI=1S/C42H49ClN8O7S/c1-25-26(2)59-42-38(25)39(28-6-9-31(43)10-7-28)47-34(40-49-48-27(3)51(40)42)23-36(53)44-13-16-57-18-20-58-19-17-56-15-12-35(52)45-32-5-4-14-50(24-32)41(55)29-8-11-33-30(21-29)22-37(54)46-33/h6-11,21,32,34H,4-5,12-20,22-24H2,1-3H3,(H,44,53)(H,45,52)(H,46,54)/t32?,34-/m0/s1. The third kappa shape index (κ3) is 10.2. The van der Waals surface area contributed by atoms with Gasteiger partial charge >= 0.3 is 0 Å². The van der Waals surface area contributed by atoms with Crippen LogP contribution in [0.25, 0.3) is 5.00 Å². The Balaban J connectivity index is 0.760. The summed E-state index contributed by atoms with van der Waals surface area (Å²) in [4.78, 5) is 58.7. The van der Waals surface area contributed by atoms with E-state index in [0.717, 1.165) is 57.3 Å². The molecule has 3 aliphatic heterocycles. The van der Waals surface area contributed by atoms with Crippen LogP contribution in [0.4, 0.5) is 5.69 Å². The van der Waals surface area contributed by atoms with Crippen molar-refractivity contribution < 1.29 is 33.4 Å². The van der Waals surface area contributed by atoms with Crippen molar-refractivity contribution in [3.8, 4) is 5.00 Å². The fourth-order valence-electron chi connectivity index (χ4n) is 7.47. The number of aryl methyl sites for hydroxylation is 2. The molecule has 4 aromatic rings. The van der Waals surface area contributed by atoms with Crippen molar-refractivity contribution in [2.75, 3.05) is 64.6 Å². The fourth-order valence-corrected chi connectivity index (χ4v) is 8.81. The van der Waals surface area contributed by atoms with Gasteiger partial charge in [0.25, 0.3) is 5.91 Å². The number of nitrogens with zero attached hydrogens (tertiary/aromatic N) is 5. The lowest BCUT2D eigenvalue weighted by Crippen LogP contribution is -2.49. The maximum absolute atomic E-state index is 13.2. The number of likely N-dealkylation sites (tertiary alicyclic amines) is 1. The number of aromatic nitrogens is 3. The van der Waals surface area contributed by atoms with Crippen LogP contribution in [-0.4, -0.2) is 114 Å². The first-order chi connectivity index (χ1) is 28.5. The molecule has 0 radical (unpaired) electrons. The van der Waals surface area contributed by atoms with Crippen molar-refractivity contribution in [3.05, 3.63) is 91.8 Å². The van der Waals surface area contributed by atoms with E-state index in [2.05, 4.69) is 40.0 Å². The number of thiophene rings is 1. The lowest BCUT2D eigenvalue weighted by molar-refractivity contribution is -0.123. The summed E-state index contributed by atoms with van der Waals surface area (Å²) < 4.78 is 18.9. The summed E-state index contributed by atoms with van der Waals surface area (Å²) in [6, 6.07) is 12.2. The zero-order valence-corrected chi connectivity index (χ0v) is 35.0. The Morgan fingerprint density at radius 1 is 0.949 bits per heavy atom. The highest BCUT2D eigenvalue weighted by atomic mass is 35.5. The Hall–Kier alpha value is -5.00. The van der Waals surface area contributed by atoms with Gasteiger partial charge in [-0.3, -0.25) is 28.7 Å². The van der Waals surface area contributed by atoms with E-state index in [4.69, 9.17) is 30.8 Å². The molecule has 3 aliphatic rings. The number of anilines is 1. The van der Waals surface area contributed by atoms with E-state index in [1.165, 1.54) is 4.88 Å². The minimum absolute atomic E-state index is 0.0711. The Labute approximate surface area is 351 Å². The molecule has 2 atom stereocenters. The zero-order chi connectivity index (χ0) is 41.5. The molecular weight excluding hydrogens is 796 g/mol. The molecule has 7 rings (SSSR count). The molecular formula is C42H49ClN8O7S. The van der Waals surface area contributed by atoms with E-state index in [0.29, 0.717) is 69.1 Å². The van der Waals surface area contributed by atoms with Gasteiger partial charge in [0.2, 0.25) is 17.7 Å². The number of amides is 4. The van der Waals surface area contributed by atoms with Crippen LogP contribution in [0.3, 0.4) is 0 Å². The van der Waals surface area contributed by atoms with Crippen molar-refractivity contribution in [3.63, 3.8) is 0 Å². The minimum atomic E-state index is -0.554. The number of hydrogen-bond acceptors (Lipinski definition) is 11. The summed E-state index contributed by atoms with van der Waals surface area (Å²) in [5.74, 6) is 0.882. The molecule has 1 fully saturated rings. The van der Waals surface area contributed by atoms with Crippen molar-refractivity contribution in [1.29, 1.82) is 0 Å². The van der Waals surface area contributed by atoms with Crippen LogP contribution >= 0.6 is 22.9 Å². The number of benzene rings is 2. The number of ether oxygens (including phenoxy) is 3. The summed E-state index contributed by atoms with van der Waals surface area (Å²) >= 11 is 7.88. The van der Waals surface area contributed by atoms with E-state index in [1.54, 1.807) is 34.4 Å². The molecule has 4 amide bonds. The molecule has 2 aromatic heterocycles. The maximum atomic E-state index is 13.2. The van der Waals surface area contributed by atoms with E-state index in [1.807, 2.05) is 35.8 Å². The number of carbonyl (C=O) groups excluding carboxylic acids is 4. The first kappa shape index (κ1) is 42.1. The largest absolute Gasteiger partial charge is 0.379 e. The first-order valence-corrected chi connectivity index (χ1v) is 21.1. The van der Waals surface area contributed by atoms with Gasteiger partial charge in [-0.2, -0.15) is 0 Å². The van der Waals surface area contributed by atoms with Gasteiger partial charge in [0.05, 0.1) is 58.2 Å². The smallest absolute Gasteiger partial charge is 0.253 e. The minimum Gasteiger partial charge on any atom is -0.379 e. The highest BCUT2D eigenvalue weighted by Crippen LogP contribution is 2.39. The molecule has 2 aromatic carbocycles. The number of piperidine rings is 1. The molecule has 3 N–H and O–H groups in total. The van der Waals surface area contributed by atoms with Gasteiger partial charge in [0, 0.05) is 64.4 Å². The number of nitrogens with one attached hydrogen (secondary N) is 3. The second-order valence-corrected chi connectivity index (χ2v) is 16.4. The highest BCUT2D eigenvalue weighted by molar-refractivity contribution is 7.15. The number of halogens is 1. The van der Waals surface area contributed by atoms with Crippen LogP contribution in [0.15, 0.2) is 47.5 Å². The van der Waals surface area contributed by atoms with Crippen LogP contribution in [0, 0.1) is 20.8 Å².